The Balaban J connectivity index is 2.77. The van der Waals surface area contributed by atoms with Crippen LogP contribution in [-0.4, -0.2) is 49.1 Å². The van der Waals surface area contributed by atoms with Crippen molar-refractivity contribution in [2.24, 2.45) is 0 Å². The summed E-state index contributed by atoms with van der Waals surface area (Å²) in [4.78, 5) is 6.60. The first-order valence-electron chi connectivity index (χ1n) is 5.28. The van der Waals surface area contributed by atoms with E-state index in [0.717, 1.165) is 4.31 Å². The Bertz CT molecular complexity index is 577. The summed E-state index contributed by atoms with van der Waals surface area (Å²) in [6.07, 6.45) is -4.65. The van der Waals surface area contributed by atoms with Crippen molar-refractivity contribution in [1.82, 2.24) is 14.3 Å². The number of halogens is 4. The van der Waals surface area contributed by atoms with Crippen LogP contribution in [-0.2, 0) is 16.2 Å². The molecule has 0 saturated carbocycles. The van der Waals surface area contributed by atoms with Crippen LogP contribution in [0.4, 0.5) is 19.0 Å². The van der Waals surface area contributed by atoms with Gasteiger partial charge in [0, 0.05) is 26.7 Å². The van der Waals surface area contributed by atoms with Gasteiger partial charge in [-0.2, -0.15) is 13.2 Å². The maximum absolute atomic E-state index is 12.5. The molecule has 11 heteroatoms. The first-order chi connectivity index (χ1) is 9.02. The second-order valence-corrected chi connectivity index (χ2v) is 6.57. The minimum atomic E-state index is -4.65. The molecule has 1 N–H and O–H groups in total. The van der Waals surface area contributed by atoms with Crippen LogP contribution < -0.4 is 5.32 Å². The second-order valence-electron chi connectivity index (χ2n) is 3.93. The second kappa shape index (κ2) is 6.10. The molecule has 0 spiro atoms. The first kappa shape index (κ1) is 16.9. The van der Waals surface area contributed by atoms with Crippen molar-refractivity contribution >= 4 is 27.4 Å². The van der Waals surface area contributed by atoms with Crippen molar-refractivity contribution in [3.8, 4) is 0 Å². The summed E-state index contributed by atoms with van der Waals surface area (Å²) in [7, 11) is -0.725. The van der Waals surface area contributed by atoms with E-state index in [0.29, 0.717) is 6.07 Å². The number of aromatic nitrogens is 2. The van der Waals surface area contributed by atoms with Crippen molar-refractivity contribution < 1.29 is 21.6 Å². The minimum Gasteiger partial charge on any atom is -0.369 e. The van der Waals surface area contributed by atoms with Crippen molar-refractivity contribution in [2.45, 2.75) is 6.18 Å². The number of hydrogen-bond donors (Lipinski definition) is 1. The fraction of sp³-hybridized carbons (Fsp3) is 0.556. The van der Waals surface area contributed by atoms with E-state index in [1.807, 2.05) is 0 Å². The maximum atomic E-state index is 12.5. The molecule has 1 aromatic heterocycles. The van der Waals surface area contributed by atoms with E-state index < -0.39 is 27.2 Å². The monoisotopic (exact) mass is 332 g/mol. The van der Waals surface area contributed by atoms with Gasteiger partial charge in [0.05, 0.1) is 5.75 Å². The molecule has 0 aliphatic rings. The molecule has 0 saturated heterocycles. The Kier molecular flexibility index (Phi) is 5.16. The fourth-order valence-electron chi connectivity index (χ4n) is 1.14. The van der Waals surface area contributed by atoms with Crippen LogP contribution in [0.2, 0.25) is 5.28 Å². The normalized spacial score (nSPS) is 12.8. The van der Waals surface area contributed by atoms with E-state index >= 15 is 0 Å². The highest BCUT2D eigenvalue weighted by molar-refractivity contribution is 7.89. The molecule has 0 fully saturated rings. The van der Waals surface area contributed by atoms with Gasteiger partial charge in [-0.05, 0) is 11.6 Å². The van der Waals surface area contributed by atoms with Gasteiger partial charge in [0.1, 0.15) is 5.82 Å². The molecular weight excluding hydrogens is 321 g/mol. The lowest BCUT2D eigenvalue weighted by molar-refractivity contribution is -0.141. The van der Waals surface area contributed by atoms with Crippen LogP contribution >= 0.6 is 11.6 Å². The zero-order chi connectivity index (χ0) is 15.6. The van der Waals surface area contributed by atoms with E-state index in [9.17, 15) is 21.6 Å². The fourth-order valence-corrected chi connectivity index (χ4v) is 2.05. The third-order valence-corrected chi connectivity index (χ3v) is 4.21. The van der Waals surface area contributed by atoms with Crippen LogP contribution in [0.25, 0.3) is 0 Å². The SMILES string of the molecule is CN(C)S(=O)(=O)CCNc1cc(C(F)(F)F)nc(Cl)n1. The van der Waals surface area contributed by atoms with Gasteiger partial charge < -0.3 is 5.32 Å². The smallest absolute Gasteiger partial charge is 0.369 e. The molecule has 114 valence electrons. The molecule has 1 heterocycles. The topological polar surface area (TPSA) is 75.2 Å². The molecule has 0 unspecified atom stereocenters. The molecule has 1 aromatic rings. The zero-order valence-electron chi connectivity index (χ0n) is 10.6. The molecule has 0 aliphatic carbocycles. The maximum Gasteiger partial charge on any atom is 0.433 e. The average molecular weight is 333 g/mol. The Morgan fingerprint density at radius 3 is 2.45 bits per heavy atom. The van der Waals surface area contributed by atoms with Gasteiger partial charge in [-0.25, -0.2) is 22.7 Å². The van der Waals surface area contributed by atoms with Crippen molar-refractivity contribution in [3.05, 3.63) is 17.0 Å². The summed E-state index contributed by atoms with van der Waals surface area (Å²) in [6, 6.07) is 0.661. The lowest BCUT2D eigenvalue weighted by Crippen LogP contribution is -2.28. The molecular formula is C9H12ClF3N4O2S. The van der Waals surface area contributed by atoms with Crippen LogP contribution in [0.15, 0.2) is 6.07 Å². The molecule has 0 atom stereocenters. The van der Waals surface area contributed by atoms with E-state index in [-0.39, 0.29) is 18.1 Å². The molecule has 0 aliphatic heterocycles. The van der Waals surface area contributed by atoms with Gasteiger partial charge in [0.25, 0.3) is 0 Å². The predicted octanol–water partition coefficient (Wildman–Crippen LogP) is 1.45. The Hall–Kier alpha value is -1.13. The van der Waals surface area contributed by atoms with E-state index in [2.05, 4.69) is 15.3 Å². The van der Waals surface area contributed by atoms with Gasteiger partial charge in [-0.3, -0.25) is 0 Å². The number of sulfonamides is 1. The number of nitrogens with one attached hydrogen (secondary N) is 1. The summed E-state index contributed by atoms with van der Waals surface area (Å²) < 4.78 is 61.4. The largest absolute Gasteiger partial charge is 0.433 e. The summed E-state index contributed by atoms with van der Waals surface area (Å²) in [6.45, 7) is -0.106. The number of anilines is 1. The third kappa shape index (κ3) is 4.76. The molecule has 6 nitrogen and oxygen atoms in total. The standard InChI is InChI=1S/C9H12ClF3N4O2S/c1-17(2)20(18,19)4-3-14-7-5-6(9(11,12)13)15-8(10)16-7/h5H,3-4H2,1-2H3,(H,14,15,16). The number of nitrogens with zero attached hydrogens (tertiary/aromatic N) is 3. The number of rotatable bonds is 5. The quantitative estimate of drug-likeness (QED) is 0.826. The lowest BCUT2D eigenvalue weighted by atomic mass is 10.4. The minimum absolute atomic E-state index is 0.106. The highest BCUT2D eigenvalue weighted by atomic mass is 35.5. The van der Waals surface area contributed by atoms with E-state index in [4.69, 9.17) is 11.6 Å². The summed E-state index contributed by atoms with van der Waals surface area (Å²) in [5, 5.41) is 1.90. The summed E-state index contributed by atoms with van der Waals surface area (Å²) >= 11 is 5.39. The van der Waals surface area contributed by atoms with E-state index in [1.165, 1.54) is 14.1 Å². The Morgan fingerprint density at radius 1 is 1.35 bits per heavy atom. The van der Waals surface area contributed by atoms with Crippen LogP contribution in [0, 0.1) is 0 Å². The highest BCUT2D eigenvalue weighted by Crippen LogP contribution is 2.29. The predicted molar refractivity (Wildman–Crippen MR) is 68.0 cm³/mol. The summed E-state index contributed by atoms with van der Waals surface area (Å²) in [5.74, 6) is -0.477. The van der Waals surface area contributed by atoms with Crippen molar-refractivity contribution in [1.29, 1.82) is 0 Å². The van der Waals surface area contributed by atoms with E-state index in [1.54, 1.807) is 0 Å². The summed E-state index contributed by atoms with van der Waals surface area (Å²) in [5.41, 5.74) is -1.20. The molecule has 0 bridgehead atoms. The zero-order valence-corrected chi connectivity index (χ0v) is 12.1. The average Bonchev–Trinajstić information content (AvgIpc) is 2.26. The van der Waals surface area contributed by atoms with Gasteiger partial charge in [0.2, 0.25) is 15.3 Å². The molecule has 0 aromatic carbocycles. The van der Waals surface area contributed by atoms with Gasteiger partial charge in [-0.1, -0.05) is 0 Å². The Labute approximate surface area is 119 Å². The molecule has 20 heavy (non-hydrogen) atoms. The highest BCUT2D eigenvalue weighted by Gasteiger charge is 2.33. The van der Waals surface area contributed by atoms with Gasteiger partial charge in [-0.15, -0.1) is 0 Å². The van der Waals surface area contributed by atoms with Gasteiger partial charge in [0.15, 0.2) is 5.69 Å². The Morgan fingerprint density at radius 2 is 1.95 bits per heavy atom. The van der Waals surface area contributed by atoms with Crippen LogP contribution in [0.5, 0.6) is 0 Å². The molecule has 0 amide bonds. The number of alkyl halides is 3. The first-order valence-corrected chi connectivity index (χ1v) is 7.27. The molecule has 0 radical (unpaired) electrons. The van der Waals surface area contributed by atoms with Gasteiger partial charge >= 0.3 is 6.18 Å². The van der Waals surface area contributed by atoms with Crippen LogP contribution in [0.3, 0.4) is 0 Å². The third-order valence-electron chi connectivity index (χ3n) is 2.21. The van der Waals surface area contributed by atoms with Crippen LogP contribution in [0.1, 0.15) is 5.69 Å². The van der Waals surface area contributed by atoms with Crippen molar-refractivity contribution in [3.63, 3.8) is 0 Å². The molecule has 1 rings (SSSR count). The number of hydrogen-bond acceptors (Lipinski definition) is 5. The van der Waals surface area contributed by atoms with Crippen molar-refractivity contribution in [2.75, 3.05) is 31.7 Å². The lowest BCUT2D eigenvalue weighted by Gasteiger charge is -2.12.